The van der Waals surface area contributed by atoms with E-state index >= 15 is 0 Å². The molecule has 22 heavy (non-hydrogen) atoms. The largest absolute Gasteiger partial charge is 0.484 e. The number of hydrogen-bond donors (Lipinski definition) is 1. The van der Waals surface area contributed by atoms with Gasteiger partial charge in [0.1, 0.15) is 11.4 Å². The van der Waals surface area contributed by atoms with Crippen molar-refractivity contribution in [3.8, 4) is 5.75 Å². The van der Waals surface area contributed by atoms with E-state index in [1.54, 1.807) is 0 Å². The lowest BCUT2D eigenvalue weighted by Gasteiger charge is -2.40. The number of likely N-dealkylation sites (N-methyl/N-ethyl adjacent to an activating group) is 1. The van der Waals surface area contributed by atoms with Gasteiger partial charge in [0.05, 0.1) is 12.2 Å². The van der Waals surface area contributed by atoms with Gasteiger partial charge in [-0.1, -0.05) is 0 Å². The molecule has 120 valence electrons. The van der Waals surface area contributed by atoms with E-state index in [-0.39, 0.29) is 17.3 Å². The second kappa shape index (κ2) is 5.92. The molecule has 2 aliphatic heterocycles. The van der Waals surface area contributed by atoms with Crippen LogP contribution in [0.5, 0.6) is 5.75 Å². The summed E-state index contributed by atoms with van der Waals surface area (Å²) in [4.78, 5) is 15.0. The molecule has 3 rings (SSSR count). The zero-order valence-corrected chi connectivity index (χ0v) is 13.8. The summed E-state index contributed by atoms with van der Waals surface area (Å²) in [5, 5.41) is 3.32. The Bertz CT molecular complexity index is 562. The maximum Gasteiger partial charge on any atom is 0.167 e. The predicted octanol–water partition coefficient (Wildman–Crippen LogP) is 2.87. The number of anilines is 1. The molecule has 0 saturated carbocycles. The van der Waals surface area contributed by atoms with Gasteiger partial charge in [-0.15, -0.1) is 0 Å². The molecule has 0 bridgehead atoms. The van der Waals surface area contributed by atoms with Crippen molar-refractivity contribution in [1.29, 1.82) is 0 Å². The standard InChI is InChI=1S/C18H26N2O2/c1-4-20-12-18(2,3)22-16-8-7-13(10-15(16)20)17(21)14-6-5-9-19-11-14/h7-8,10,14,19H,4-6,9,11-12H2,1-3H3. The van der Waals surface area contributed by atoms with Gasteiger partial charge in [-0.3, -0.25) is 4.79 Å². The molecule has 1 saturated heterocycles. The molecular weight excluding hydrogens is 276 g/mol. The number of ether oxygens (including phenoxy) is 1. The van der Waals surface area contributed by atoms with Crippen LogP contribution in [-0.4, -0.2) is 37.6 Å². The predicted molar refractivity (Wildman–Crippen MR) is 89.0 cm³/mol. The van der Waals surface area contributed by atoms with E-state index in [4.69, 9.17) is 4.74 Å². The molecule has 1 aromatic rings. The minimum Gasteiger partial charge on any atom is -0.484 e. The van der Waals surface area contributed by atoms with Gasteiger partial charge in [0, 0.05) is 24.6 Å². The first kappa shape index (κ1) is 15.3. The molecule has 2 aliphatic rings. The monoisotopic (exact) mass is 302 g/mol. The smallest absolute Gasteiger partial charge is 0.167 e. The molecule has 1 unspecified atom stereocenters. The highest BCUT2D eigenvalue weighted by atomic mass is 16.5. The van der Waals surface area contributed by atoms with E-state index in [0.29, 0.717) is 0 Å². The number of carbonyl (C=O) groups excluding carboxylic acids is 1. The molecule has 0 amide bonds. The maximum atomic E-state index is 12.7. The van der Waals surface area contributed by atoms with Crippen molar-refractivity contribution in [2.24, 2.45) is 5.92 Å². The quantitative estimate of drug-likeness (QED) is 0.872. The van der Waals surface area contributed by atoms with Crippen molar-refractivity contribution >= 4 is 11.5 Å². The zero-order chi connectivity index (χ0) is 15.7. The third-order valence-electron chi connectivity index (χ3n) is 4.59. The normalized spacial score (nSPS) is 23.6. The molecule has 1 fully saturated rings. The molecule has 1 N–H and O–H groups in total. The number of Topliss-reactive ketones (excluding diaryl/α,β-unsaturated/α-hetero) is 1. The lowest BCUT2D eigenvalue weighted by atomic mass is 9.90. The van der Waals surface area contributed by atoms with Gasteiger partial charge in [-0.25, -0.2) is 0 Å². The van der Waals surface area contributed by atoms with Gasteiger partial charge >= 0.3 is 0 Å². The molecule has 4 heteroatoms. The molecule has 2 heterocycles. The van der Waals surface area contributed by atoms with E-state index in [1.807, 2.05) is 18.2 Å². The van der Waals surface area contributed by atoms with E-state index in [2.05, 4.69) is 31.0 Å². The van der Waals surface area contributed by atoms with Crippen LogP contribution in [0.2, 0.25) is 0 Å². The zero-order valence-electron chi connectivity index (χ0n) is 13.8. The fraction of sp³-hybridized carbons (Fsp3) is 0.611. The first-order valence-electron chi connectivity index (χ1n) is 8.33. The van der Waals surface area contributed by atoms with Crippen LogP contribution in [0.3, 0.4) is 0 Å². The van der Waals surface area contributed by atoms with Gasteiger partial charge < -0.3 is 15.0 Å². The number of hydrogen-bond acceptors (Lipinski definition) is 4. The summed E-state index contributed by atoms with van der Waals surface area (Å²) >= 11 is 0. The van der Waals surface area contributed by atoms with Crippen molar-refractivity contribution in [2.45, 2.75) is 39.2 Å². The van der Waals surface area contributed by atoms with Crippen molar-refractivity contribution in [3.05, 3.63) is 23.8 Å². The summed E-state index contributed by atoms with van der Waals surface area (Å²) in [6.07, 6.45) is 2.07. The third-order valence-corrected chi connectivity index (χ3v) is 4.59. The second-order valence-corrected chi connectivity index (χ2v) is 6.97. The fourth-order valence-electron chi connectivity index (χ4n) is 3.47. The van der Waals surface area contributed by atoms with Crippen LogP contribution >= 0.6 is 0 Å². The average molecular weight is 302 g/mol. The van der Waals surface area contributed by atoms with Crippen molar-refractivity contribution in [1.82, 2.24) is 5.32 Å². The van der Waals surface area contributed by atoms with Gasteiger partial charge in [0.25, 0.3) is 0 Å². The van der Waals surface area contributed by atoms with Crippen LogP contribution in [-0.2, 0) is 0 Å². The third kappa shape index (κ3) is 2.98. The number of benzene rings is 1. The number of carbonyl (C=O) groups is 1. The van der Waals surface area contributed by atoms with Crippen LogP contribution in [0.15, 0.2) is 18.2 Å². The molecule has 4 nitrogen and oxygen atoms in total. The Morgan fingerprint density at radius 2 is 2.27 bits per heavy atom. The Labute approximate surface area is 132 Å². The Hall–Kier alpha value is -1.55. The van der Waals surface area contributed by atoms with Gasteiger partial charge in [0.2, 0.25) is 0 Å². The molecular formula is C18H26N2O2. The van der Waals surface area contributed by atoms with Crippen LogP contribution in [0.4, 0.5) is 5.69 Å². The minimum atomic E-state index is -0.193. The molecule has 0 aliphatic carbocycles. The summed E-state index contributed by atoms with van der Waals surface area (Å²) in [5.41, 5.74) is 1.67. The first-order chi connectivity index (χ1) is 10.5. The van der Waals surface area contributed by atoms with E-state index in [9.17, 15) is 4.79 Å². The van der Waals surface area contributed by atoms with Crippen molar-refractivity contribution in [3.63, 3.8) is 0 Å². The Kier molecular flexibility index (Phi) is 4.13. The summed E-state index contributed by atoms with van der Waals surface area (Å²) < 4.78 is 6.07. The number of ketones is 1. The van der Waals surface area contributed by atoms with Crippen LogP contribution in [0, 0.1) is 5.92 Å². The Balaban J connectivity index is 1.88. The number of piperidine rings is 1. The van der Waals surface area contributed by atoms with E-state index in [1.165, 1.54) is 0 Å². The van der Waals surface area contributed by atoms with Crippen molar-refractivity contribution in [2.75, 3.05) is 31.1 Å². The summed E-state index contributed by atoms with van der Waals surface area (Å²) in [7, 11) is 0. The lowest BCUT2D eigenvalue weighted by Crippen LogP contribution is -2.46. The van der Waals surface area contributed by atoms with Crippen LogP contribution in [0.1, 0.15) is 44.0 Å². The topological polar surface area (TPSA) is 41.6 Å². The van der Waals surface area contributed by atoms with Crippen LogP contribution < -0.4 is 15.0 Å². The highest BCUT2D eigenvalue weighted by Gasteiger charge is 2.32. The SMILES string of the molecule is CCN1CC(C)(C)Oc2ccc(C(=O)C3CCCNC3)cc21. The summed E-state index contributed by atoms with van der Waals surface area (Å²) in [5.74, 6) is 1.26. The second-order valence-electron chi connectivity index (χ2n) is 6.97. The Morgan fingerprint density at radius 1 is 1.45 bits per heavy atom. The van der Waals surface area contributed by atoms with Gasteiger partial charge in [-0.05, 0) is 58.4 Å². The highest BCUT2D eigenvalue weighted by molar-refractivity contribution is 5.99. The average Bonchev–Trinajstić information content (AvgIpc) is 2.53. The Morgan fingerprint density at radius 3 is 2.95 bits per heavy atom. The van der Waals surface area contributed by atoms with Gasteiger partial charge in [0.15, 0.2) is 5.78 Å². The maximum absolute atomic E-state index is 12.7. The van der Waals surface area contributed by atoms with Gasteiger partial charge in [-0.2, -0.15) is 0 Å². The number of nitrogens with one attached hydrogen (secondary N) is 1. The minimum absolute atomic E-state index is 0.114. The summed E-state index contributed by atoms with van der Waals surface area (Å²) in [6, 6.07) is 5.90. The number of rotatable bonds is 3. The molecule has 1 atom stereocenters. The first-order valence-corrected chi connectivity index (χ1v) is 8.33. The molecule has 0 spiro atoms. The number of nitrogens with zero attached hydrogens (tertiary/aromatic N) is 1. The van der Waals surface area contributed by atoms with E-state index in [0.717, 1.165) is 56.0 Å². The molecule has 0 aromatic heterocycles. The van der Waals surface area contributed by atoms with Crippen molar-refractivity contribution < 1.29 is 9.53 Å². The molecule has 0 radical (unpaired) electrons. The highest BCUT2D eigenvalue weighted by Crippen LogP contribution is 2.38. The lowest BCUT2D eigenvalue weighted by molar-refractivity contribution is 0.0899. The number of fused-ring (bicyclic) bond motifs is 1. The fourth-order valence-corrected chi connectivity index (χ4v) is 3.47. The molecule has 1 aromatic carbocycles. The summed E-state index contributed by atoms with van der Waals surface area (Å²) in [6.45, 7) is 9.94. The van der Waals surface area contributed by atoms with Crippen LogP contribution in [0.25, 0.3) is 0 Å². The van der Waals surface area contributed by atoms with E-state index < -0.39 is 0 Å².